The van der Waals surface area contributed by atoms with Crippen LogP contribution >= 0.6 is 0 Å². The van der Waals surface area contributed by atoms with Crippen molar-refractivity contribution >= 4 is 10.0 Å². The van der Waals surface area contributed by atoms with Gasteiger partial charge in [0.15, 0.2) is 5.03 Å². The Kier molecular flexibility index (Phi) is 4.31. The summed E-state index contributed by atoms with van der Waals surface area (Å²) in [5.41, 5.74) is 0.893. The molecule has 2 N–H and O–H groups in total. The van der Waals surface area contributed by atoms with Crippen LogP contribution in [0.1, 0.15) is 18.4 Å². The zero-order valence-corrected chi connectivity index (χ0v) is 11.3. The molecule has 100 valence electrons. The fourth-order valence-electron chi connectivity index (χ4n) is 2.06. The zero-order valence-electron chi connectivity index (χ0n) is 10.5. The van der Waals surface area contributed by atoms with Crippen molar-refractivity contribution < 1.29 is 8.42 Å². The molecule has 1 aromatic heterocycles. The molecular weight excluding hydrogens is 250 g/mol. The van der Waals surface area contributed by atoms with E-state index >= 15 is 0 Å². The molecule has 0 spiro atoms. The molecule has 0 bridgehead atoms. The summed E-state index contributed by atoms with van der Waals surface area (Å²) in [6.07, 6.45) is 3.69. The van der Waals surface area contributed by atoms with Crippen molar-refractivity contribution in [3.63, 3.8) is 0 Å². The molecule has 0 aromatic carbocycles. The van der Waals surface area contributed by atoms with Crippen molar-refractivity contribution in [2.24, 2.45) is 5.92 Å². The van der Waals surface area contributed by atoms with Gasteiger partial charge in [-0.15, -0.1) is 0 Å². The second-order valence-corrected chi connectivity index (χ2v) is 6.45. The highest BCUT2D eigenvalue weighted by molar-refractivity contribution is 7.89. The molecule has 0 unspecified atom stereocenters. The van der Waals surface area contributed by atoms with Crippen LogP contribution in [0.3, 0.4) is 0 Å². The molecular formula is C12H19N3O2S. The second kappa shape index (κ2) is 5.77. The van der Waals surface area contributed by atoms with Crippen LogP contribution in [-0.2, 0) is 10.0 Å². The molecule has 0 aliphatic carbocycles. The van der Waals surface area contributed by atoms with E-state index in [1.807, 2.05) is 6.92 Å². The largest absolute Gasteiger partial charge is 0.316 e. The number of pyridine rings is 1. The van der Waals surface area contributed by atoms with Gasteiger partial charge < -0.3 is 5.32 Å². The monoisotopic (exact) mass is 269 g/mol. The average molecular weight is 269 g/mol. The van der Waals surface area contributed by atoms with E-state index in [0.29, 0.717) is 12.5 Å². The molecule has 6 heteroatoms. The number of sulfonamides is 1. The van der Waals surface area contributed by atoms with E-state index in [0.717, 1.165) is 31.5 Å². The first-order valence-electron chi connectivity index (χ1n) is 6.21. The van der Waals surface area contributed by atoms with Gasteiger partial charge >= 0.3 is 0 Å². The van der Waals surface area contributed by atoms with Crippen molar-refractivity contribution in [3.8, 4) is 0 Å². The summed E-state index contributed by atoms with van der Waals surface area (Å²) in [6.45, 7) is 4.24. The minimum Gasteiger partial charge on any atom is -0.316 e. The highest BCUT2D eigenvalue weighted by Gasteiger charge is 2.19. The van der Waals surface area contributed by atoms with Gasteiger partial charge in [0, 0.05) is 12.7 Å². The van der Waals surface area contributed by atoms with E-state index in [1.165, 1.54) is 6.20 Å². The van der Waals surface area contributed by atoms with E-state index < -0.39 is 10.0 Å². The Hall–Kier alpha value is -0.980. The Balaban J connectivity index is 1.98. The third-order valence-electron chi connectivity index (χ3n) is 3.13. The Morgan fingerprint density at radius 3 is 3.06 bits per heavy atom. The van der Waals surface area contributed by atoms with Crippen LogP contribution in [0.2, 0.25) is 0 Å². The molecule has 1 fully saturated rings. The van der Waals surface area contributed by atoms with Crippen molar-refractivity contribution in [1.82, 2.24) is 15.0 Å². The standard InChI is InChI=1S/C12H19N3O2S/c1-10-4-6-14-12(7-10)18(16,17)15-9-11-3-2-5-13-8-11/h4,6-7,11,13,15H,2-3,5,8-9H2,1H3/t11-/m1/s1. The van der Waals surface area contributed by atoms with Crippen LogP contribution in [0.25, 0.3) is 0 Å². The molecule has 1 aromatic rings. The van der Waals surface area contributed by atoms with E-state index in [9.17, 15) is 8.42 Å². The average Bonchev–Trinajstić information content (AvgIpc) is 2.38. The highest BCUT2D eigenvalue weighted by atomic mass is 32.2. The van der Waals surface area contributed by atoms with Crippen LogP contribution < -0.4 is 10.0 Å². The molecule has 18 heavy (non-hydrogen) atoms. The first-order valence-corrected chi connectivity index (χ1v) is 7.69. The predicted octanol–water partition coefficient (Wildman–Crippen LogP) is 0.668. The molecule has 1 saturated heterocycles. The van der Waals surface area contributed by atoms with Crippen molar-refractivity contribution in [2.75, 3.05) is 19.6 Å². The second-order valence-electron chi connectivity index (χ2n) is 4.74. The lowest BCUT2D eigenvalue weighted by atomic mass is 10.0. The fraction of sp³-hybridized carbons (Fsp3) is 0.583. The molecule has 1 aliphatic heterocycles. The smallest absolute Gasteiger partial charge is 0.258 e. The number of piperidine rings is 1. The minimum absolute atomic E-state index is 0.103. The maximum Gasteiger partial charge on any atom is 0.258 e. The van der Waals surface area contributed by atoms with E-state index in [2.05, 4.69) is 15.0 Å². The fourth-order valence-corrected chi connectivity index (χ4v) is 3.20. The van der Waals surface area contributed by atoms with E-state index in [1.54, 1.807) is 12.1 Å². The quantitative estimate of drug-likeness (QED) is 0.842. The summed E-state index contributed by atoms with van der Waals surface area (Å²) in [5, 5.41) is 3.37. The summed E-state index contributed by atoms with van der Waals surface area (Å²) < 4.78 is 26.7. The van der Waals surface area contributed by atoms with E-state index in [-0.39, 0.29) is 5.03 Å². The van der Waals surface area contributed by atoms with Gasteiger partial charge in [0.05, 0.1) is 0 Å². The Morgan fingerprint density at radius 2 is 2.39 bits per heavy atom. The summed E-state index contributed by atoms with van der Waals surface area (Å²) >= 11 is 0. The Morgan fingerprint density at radius 1 is 1.56 bits per heavy atom. The summed E-state index contributed by atoms with van der Waals surface area (Å²) in [7, 11) is -3.47. The number of aryl methyl sites for hydroxylation is 1. The summed E-state index contributed by atoms with van der Waals surface area (Å²) in [5.74, 6) is 0.373. The molecule has 0 amide bonds. The lowest BCUT2D eigenvalue weighted by Gasteiger charge is -2.22. The lowest BCUT2D eigenvalue weighted by Crippen LogP contribution is -2.38. The number of rotatable bonds is 4. The number of nitrogens with zero attached hydrogens (tertiary/aromatic N) is 1. The molecule has 0 saturated carbocycles. The summed E-state index contributed by atoms with van der Waals surface area (Å²) in [4.78, 5) is 3.91. The normalized spacial score (nSPS) is 20.8. The van der Waals surface area contributed by atoms with Crippen LogP contribution in [0, 0.1) is 12.8 Å². The third-order valence-corrected chi connectivity index (χ3v) is 4.45. The topological polar surface area (TPSA) is 71.1 Å². The SMILES string of the molecule is Cc1ccnc(S(=O)(=O)NC[C@@H]2CCCNC2)c1. The zero-order chi connectivity index (χ0) is 13.0. The number of aromatic nitrogens is 1. The van der Waals surface area contributed by atoms with Crippen molar-refractivity contribution in [1.29, 1.82) is 0 Å². The lowest BCUT2D eigenvalue weighted by molar-refractivity contribution is 0.375. The van der Waals surface area contributed by atoms with Gasteiger partial charge in [0.1, 0.15) is 0 Å². The maximum absolute atomic E-state index is 12.0. The van der Waals surface area contributed by atoms with Gasteiger partial charge in [0.2, 0.25) is 0 Å². The number of hydrogen-bond donors (Lipinski definition) is 2. The molecule has 1 atom stereocenters. The van der Waals surface area contributed by atoms with E-state index in [4.69, 9.17) is 0 Å². The molecule has 2 heterocycles. The molecule has 5 nitrogen and oxygen atoms in total. The van der Waals surface area contributed by atoms with Crippen LogP contribution in [-0.4, -0.2) is 33.0 Å². The van der Waals surface area contributed by atoms with Crippen molar-refractivity contribution in [3.05, 3.63) is 23.9 Å². The first-order chi connectivity index (χ1) is 8.58. The van der Waals surface area contributed by atoms with Crippen LogP contribution in [0.5, 0.6) is 0 Å². The number of hydrogen-bond acceptors (Lipinski definition) is 4. The number of nitrogens with one attached hydrogen (secondary N) is 2. The van der Waals surface area contributed by atoms with Crippen molar-refractivity contribution in [2.45, 2.75) is 24.8 Å². The third kappa shape index (κ3) is 3.51. The van der Waals surface area contributed by atoms with Gasteiger partial charge in [-0.3, -0.25) is 0 Å². The van der Waals surface area contributed by atoms with Gasteiger partial charge in [0.25, 0.3) is 10.0 Å². The van der Waals surface area contributed by atoms with Crippen LogP contribution in [0.15, 0.2) is 23.4 Å². The molecule has 2 rings (SSSR count). The molecule has 1 aliphatic rings. The van der Waals surface area contributed by atoms with Crippen LogP contribution in [0.4, 0.5) is 0 Å². The maximum atomic E-state index is 12.0. The van der Waals surface area contributed by atoms with Gasteiger partial charge in [-0.05, 0) is 56.5 Å². The van der Waals surface area contributed by atoms with Gasteiger partial charge in [-0.25, -0.2) is 18.1 Å². The summed E-state index contributed by atoms with van der Waals surface area (Å²) in [6, 6.07) is 3.37. The minimum atomic E-state index is -3.47. The van der Waals surface area contributed by atoms with Gasteiger partial charge in [-0.2, -0.15) is 0 Å². The Labute approximate surface area is 108 Å². The molecule has 0 radical (unpaired) electrons. The Bertz CT molecular complexity index is 496. The predicted molar refractivity (Wildman–Crippen MR) is 69.8 cm³/mol. The first kappa shape index (κ1) is 13.5. The highest BCUT2D eigenvalue weighted by Crippen LogP contribution is 2.11. The van der Waals surface area contributed by atoms with Gasteiger partial charge in [-0.1, -0.05) is 0 Å².